The summed E-state index contributed by atoms with van der Waals surface area (Å²) in [5.41, 5.74) is 0. The predicted molar refractivity (Wildman–Crippen MR) is 131 cm³/mol. The first-order valence-electron chi connectivity index (χ1n) is 13.4. The maximum absolute atomic E-state index is 5.70. The van der Waals surface area contributed by atoms with Gasteiger partial charge in [-0.25, -0.2) is 0 Å². The molecule has 0 amide bonds. The molecule has 0 radical (unpaired) electrons. The molecule has 0 rings (SSSR count). The fourth-order valence-electron chi connectivity index (χ4n) is 4.65. The van der Waals surface area contributed by atoms with Gasteiger partial charge in [0.1, 0.15) is 0 Å². The Bertz CT molecular complexity index is 320. The predicted octanol–water partition coefficient (Wildman–Crippen LogP) is 9.04. The number of hydrogen-bond acceptors (Lipinski definition) is 3. The van der Waals surface area contributed by atoms with Crippen molar-refractivity contribution in [3.05, 3.63) is 0 Å². The van der Waals surface area contributed by atoms with E-state index >= 15 is 0 Å². The number of methoxy groups -OCH3 is 3. The molecule has 3 heteroatoms. The standard InChI is InChI=1S/C27H56O3/c1-6-8-10-12-13-14-15-16-17-18-19-21-23-25-26(24-22-20-11-9-7-2)27(28-3,29-4)30-5/h26H,6-25H2,1-5H3. The summed E-state index contributed by atoms with van der Waals surface area (Å²) in [5, 5.41) is 0. The Labute approximate surface area is 190 Å². The van der Waals surface area contributed by atoms with E-state index in [0.29, 0.717) is 5.92 Å². The van der Waals surface area contributed by atoms with Gasteiger partial charge >= 0.3 is 0 Å². The number of rotatable bonds is 24. The Morgan fingerprint density at radius 2 is 0.700 bits per heavy atom. The van der Waals surface area contributed by atoms with Gasteiger partial charge in [-0.1, -0.05) is 129 Å². The Morgan fingerprint density at radius 3 is 0.967 bits per heavy atom. The van der Waals surface area contributed by atoms with E-state index < -0.39 is 5.97 Å². The van der Waals surface area contributed by atoms with Crippen molar-refractivity contribution in [3.8, 4) is 0 Å². The van der Waals surface area contributed by atoms with Crippen LogP contribution in [0.5, 0.6) is 0 Å². The zero-order valence-electron chi connectivity index (χ0n) is 21.4. The molecule has 0 aromatic carbocycles. The topological polar surface area (TPSA) is 27.7 Å². The van der Waals surface area contributed by atoms with Gasteiger partial charge in [0.25, 0.3) is 5.97 Å². The van der Waals surface area contributed by atoms with Crippen LogP contribution >= 0.6 is 0 Å². The van der Waals surface area contributed by atoms with Crippen molar-refractivity contribution in [2.45, 2.75) is 148 Å². The molecule has 0 heterocycles. The van der Waals surface area contributed by atoms with Gasteiger partial charge < -0.3 is 14.2 Å². The van der Waals surface area contributed by atoms with Crippen molar-refractivity contribution in [2.75, 3.05) is 21.3 Å². The van der Waals surface area contributed by atoms with E-state index in [0.717, 1.165) is 12.8 Å². The van der Waals surface area contributed by atoms with E-state index in [1.165, 1.54) is 116 Å². The summed E-state index contributed by atoms with van der Waals surface area (Å²) >= 11 is 0. The van der Waals surface area contributed by atoms with E-state index in [9.17, 15) is 0 Å². The van der Waals surface area contributed by atoms with Crippen molar-refractivity contribution < 1.29 is 14.2 Å². The molecule has 0 aliphatic rings. The minimum absolute atomic E-state index is 0.312. The fourth-order valence-corrected chi connectivity index (χ4v) is 4.65. The minimum atomic E-state index is -0.873. The lowest BCUT2D eigenvalue weighted by Gasteiger charge is -2.36. The molecular weight excluding hydrogens is 372 g/mol. The summed E-state index contributed by atoms with van der Waals surface area (Å²) < 4.78 is 17.1. The van der Waals surface area contributed by atoms with Gasteiger partial charge in [0, 0.05) is 27.2 Å². The third-order valence-electron chi connectivity index (χ3n) is 6.67. The van der Waals surface area contributed by atoms with Crippen molar-refractivity contribution in [1.82, 2.24) is 0 Å². The minimum Gasteiger partial charge on any atom is -0.331 e. The second kappa shape index (κ2) is 22.1. The van der Waals surface area contributed by atoms with Gasteiger partial charge in [0.2, 0.25) is 0 Å². The fraction of sp³-hybridized carbons (Fsp3) is 1.00. The second-order valence-corrected chi connectivity index (χ2v) is 9.15. The van der Waals surface area contributed by atoms with Gasteiger partial charge in [0.05, 0.1) is 0 Å². The average molecular weight is 429 g/mol. The first-order chi connectivity index (χ1) is 14.7. The Morgan fingerprint density at radius 1 is 0.433 bits per heavy atom. The summed E-state index contributed by atoms with van der Waals surface area (Å²) in [7, 11) is 5.13. The van der Waals surface area contributed by atoms with Crippen LogP contribution in [0.1, 0.15) is 142 Å². The molecule has 0 aliphatic heterocycles. The smallest absolute Gasteiger partial charge is 0.285 e. The largest absolute Gasteiger partial charge is 0.331 e. The summed E-state index contributed by atoms with van der Waals surface area (Å²) in [5.74, 6) is -0.561. The molecule has 0 saturated carbocycles. The van der Waals surface area contributed by atoms with Crippen molar-refractivity contribution in [2.24, 2.45) is 5.92 Å². The summed E-state index contributed by atoms with van der Waals surface area (Å²) in [6, 6.07) is 0. The van der Waals surface area contributed by atoms with Gasteiger partial charge in [-0.3, -0.25) is 0 Å². The Hall–Kier alpha value is -0.120. The normalized spacial score (nSPS) is 13.1. The molecule has 0 aromatic heterocycles. The molecule has 30 heavy (non-hydrogen) atoms. The van der Waals surface area contributed by atoms with Crippen LogP contribution < -0.4 is 0 Å². The van der Waals surface area contributed by atoms with E-state index in [4.69, 9.17) is 14.2 Å². The lowest BCUT2D eigenvalue weighted by molar-refractivity contribution is -0.380. The van der Waals surface area contributed by atoms with Crippen LogP contribution in [0, 0.1) is 5.92 Å². The van der Waals surface area contributed by atoms with Crippen LogP contribution in [-0.2, 0) is 14.2 Å². The molecule has 0 aromatic rings. The van der Waals surface area contributed by atoms with Crippen molar-refractivity contribution >= 4 is 0 Å². The molecule has 1 atom stereocenters. The first-order valence-corrected chi connectivity index (χ1v) is 13.4. The number of hydrogen-bond donors (Lipinski definition) is 0. The highest BCUT2D eigenvalue weighted by Gasteiger charge is 2.39. The van der Waals surface area contributed by atoms with Crippen LogP contribution in [-0.4, -0.2) is 27.3 Å². The van der Waals surface area contributed by atoms with Crippen LogP contribution in [0.25, 0.3) is 0 Å². The maximum atomic E-state index is 5.70. The Balaban J connectivity index is 3.93. The molecule has 0 bridgehead atoms. The SMILES string of the molecule is CCCCCCCCCCCCCCCC(CCCCCCC)C(OC)(OC)OC. The van der Waals surface area contributed by atoms with Crippen molar-refractivity contribution in [1.29, 1.82) is 0 Å². The highest BCUT2D eigenvalue weighted by Crippen LogP contribution is 2.33. The number of ether oxygens (including phenoxy) is 3. The van der Waals surface area contributed by atoms with Crippen LogP contribution in [0.4, 0.5) is 0 Å². The lowest BCUT2D eigenvalue weighted by Crippen LogP contribution is -2.44. The third kappa shape index (κ3) is 14.8. The maximum Gasteiger partial charge on any atom is 0.285 e. The zero-order valence-corrected chi connectivity index (χ0v) is 21.4. The Kier molecular flexibility index (Phi) is 22.0. The highest BCUT2D eigenvalue weighted by atomic mass is 16.9. The third-order valence-corrected chi connectivity index (χ3v) is 6.67. The average Bonchev–Trinajstić information content (AvgIpc) is 2.77. The highest BCUT2D eigenvalue weighted by molar-refractivity contribution is 4.71. The molecular formula is C27H56O3. The zero-order chi connectivity index (χ0) is 22.3. The lowest BCUT2D eigenvalue weighted by atomic mass is 9.91. The van der Waals surface area contributed by atoms with E-state index in [2.05, 4.69) is 13.8 Å². The van der Waals surface area contributed by atoms with Gasteiger partial charge in [-0.15, -0.1) is 0 Å². The molecule has 0 spiro atoms. The molecule has 0 aliphatic carbocycles. The molecule has 182 valence electrons. The van der Waals surface area contributed by atoms with Crippen LogP contribution in [0.3, 0.4) is 0 Å². The van der Waals surface area contributed by atoms with Gasteiger partial charge in [-0.2, -0.15) is 0 Å². The molecule has 3 nitrogen and oxygen atoms in total. The summed E-state index contributed by atoms with van der Waals surface area (Å²) in [6.07, 6.45) is 26.9. The van der Waals surface area contributed by atoms with Gasteiger partial charge in [-0.05, 0) is 12.8 Å². The summed E-state index contributed by atoms with van der Waals surface area (Å²) in [6.45, 7) is 4.56. The monoisotopic (exact) mass is 428 g/mol. The first kappa shape index (κ1) is 29.9. The molecule has 0 saturated heterocycles. The van der Waals surface area contributed by atoms with E-state index in [-0.39, 0.29) is 0 Å². The summed E-state index contributed by atoms with van der Waals surface area (Å²) in [4.78, 5) is 0. The van der Waals surface area contributed by atoms with Crippen LogP contribution in [0.2, 0.25) is 0 Å². The molecule has 0 fully saturated rings. The molecule has 1 unspecified atom stereocenters. The number of unbranched alkanes of at least 4 members (excludes halogenated alkanes) is 16. The van der Waals surface area contributed by atoms with E-state index in [1.54, 1.807) is 21.3 Å². The second-order valence-electron chi connectivity index (χ2n) is 9.15. The van der Waals surface area contributed by atoms with Gasteiger partial charge in [0.15, 0.2) is 0 Å². The quantitative estimate of drug-likeness (QED) is 0.113. The van der Waals surface area contributed by atoms with E-state index in [1.807, 2.05) is 0 Å². The van der Waals surface area contributed by atoms with Crippen molar-refractivity contribution in [3.63, 3.8) is 0 Å². The molecule has 0 N–H and O–H groups in total. The van der Waals surface area contributed by atoms with Crippen LogP contribution in [0.15, 0.2) is 0 Å².